The number of hydrogen-bond acceptors (Lipinski definition) is 3. The number of aryl methyl sites for hydroxylation is 1. The molecule has 0 unspecified atom stereocenters. The molecule has 1 amide bonds. The molecule has 0 saturated carbocycles. The molecule has 5 nitrogen and oxygen atoms in total. The van der Waals surface area contributed by atoms with Gasteiger partial charge in [-0.15, -0.1) is 0 Å². The molecule has 2 aromatic carbocycles. The van der Waals surface area contributed by atoms with E-state index in [-0.39, 0.29) is 11.5 Å². The van der Waals surface area contributed by atoms with E-state index in [1.807, 2.05) is 42.5 Å². The number of nitrogens with one attached hydrogen (secondary N) is 1. The van der Waals surface area contributed by atoms with Gasteiger partial charge in [-0.2, -0.15) is 0 Å². The van der Waals surface area contributed by atoms with Crippen LogP contribution in [0.4, 0.5) is 0 Å². The van der Waals surface area contributed by atoms with Crippen molar-refractivity contribution in [2.24, 2.45) is 0 Å². The van der Waals surface area contributed by atoms with Crippen molar-refractivity contribution >= 4 is 5.91 Å². The van der Waals surface area contributed by atoms with Crippen LogP contribution >= 0.6 is 0 Å². The molecule has 0 atom stereocenters. The molecule has 0 aliphatic rings. The SMILES string of the molecule is Cc1ncc(C(=O)N(C)Cc2ccc(-c3ccccc3)cc2)c(=O)[nH]1. The molecule has 1 aromatic heterocycles. The van der Waals surface area contributed by atoms with Crippen LogP contribution in [-0.4, -0.2) is 27.8 Å². The lowest BCUT2D eigenvalue weighted by Gasteiger charge is -2.17. The van der Waals surface area contributed by atoms with E-state index in [4.69, 9.17) is 0 Å². The molecule has 0 aliphatic heterocycles. The van der Waals surface area contributed by atoms with E-state index in [1.54, 1.807) is 14.0 Å². The van der Waals surface area contributed by atoms with Gasteiger partial charge in [0.1, 0.15) is 11.4 Å². The van der Waals surface area contributed by atoms with Crippen molar-refractivity contribution in [3.8, 4) is 11.1 Å². The average Bonchev–Trinajstić information content (AvgIpc) is 2.62. The number of benzene rings is 2. The molecule has 25 heavy (non-hydrogen) atoms. The highest BCUT2D eigenvalue weighted by Crippen LogP contribution is 2.19. The predicted molar refractivity (Wildman–Crippen MR) is 97.3 cm³/mol. The zero-order valence-electron chi connectivity index (χ0n) is 14.2. The maximum absolute atomic E-state index is 12.4. The van der Waals surface area contributed by atoms with Crippen molar-refractivity contribution in [1.82, 2.24) is 14.9 Å². The largest absolute Gasteiger partial charge is 0.337 e. The summed E-state index contributed by atoms with van der Waals surface area (Å²) in [5, 5.41) is 0. The number of aromatic amines is 1. The molecule has 0 spiro atoms. The van der Waals surface area contributed by atoms with Crippen LogP contribution in [0.2, 0.25) is 0 Å². The molecule has 1 N–H and O–H groups in total. The van der Waals surface area contributed by atoms with Gasteiger partial charge >= 0.3 is 0 Å². The predicted octanol–water partition coefficient (Wildman–Crippen LogP) is 3.02. The van der Waals surface area contributed by atoms with E-state index >= 15 is 0 Å². The van der Waals surface area contributed by atoms with Gasteiger partial charge in [0, 0.05) is 19.8 Å². The zero-order valence-corrected chi connectivity index (χ0v) is 14.2. The number of aromatic nitrogens is 2. The van der Waals surface area contributed by atoms with E-state index < -0.39 is 5.56 Å². The van der Waals surface area contributed by atoms with Crippen molar-refractivity contribution in [3.05, 3.63) is 88.1 Å². The summed E-state index contributed by atoms with van der Waals surface area (Å²) in [4.78, 5) is 32.4. The number of hydrogen-bond donors (Lipinski definition) is 1. The Morgan fingerprint density at radius 3 is 2.32 bits per heavy atom. The lowest BCUT2D eigenvalue weighted by Crippen LogP contribution is -2.31. The number of H-pyrrole nitrogens is 1. The van der Waals surface area contributed by atoms with E-state index in [0.717, 1.165) is 16.7 Å². The summed E-state index contributed by atoms with van der Waals surface area (Å²) in [5.74, 6) is 0.140. The van der Waals surface area contributed by atoms with Gasteiger partial charge in [0.05, 0.1) is 0 Å². The normalized spacial score (nSPS) is 10.5. The minimum absolute atomic E-state index is 0.0500. The van der Waals surface area contributed by atoms with Gasteiger partial charge < -0.3 is 9.88 Å². The minimum atomic E-state index is -0.413. The number of rotatable bonds is 4. The molecule has 5 heteroatoms. The Balaban J connectivity index is 1.73. The fourth-order valence-corrected chi connectivity index (χ4v) is 2.62. The number of carbonyl (C=O) groups excluding carboxylic acids is 1. The van der Waals surface area contributed by atoms with E-state index in [1.165, 1.54) is 11.1 Å². The molecule has 1 heterocycles. The summed E-state index contributed by atoms with van der Waals surface area (Å²) < 4.78 is 0. The third-order valence-electron chi connectivity index (χ3n) is 3.98. The Morgan fingerprint density at radius 1 is 1.04 bits per heavy atom. The highest BCUT2D eigenvalue weighted by Gasteiger charge is 2.16. The standard InChI is InChI=1S/C20H19N3O2/c1-14-21-12-18(19(24)22-14)20(25)23(2)13-15-8-10-17(11-9-15)16-6-4-3-5-7-16/h3-12H,13H2,1-2H3,(H,21,22,24). The fraction of sp³-hybridized carbons (Fsp3) is 0.150. The summed E-state index contributed by atoms with van der Waals surface area (Å²) in [7, 11) is 1.67. The van der Waals surface area contributed by atoms with E-state index in [0.29, 0.717) is 12.4 Å². The van der Waals surface area contributed by atoms with Crippen LogP contribution in [-0.2, 0) is 6.54 Å². The lowest BCUT2D eigenvalue weighted by atomic mass is 10.0. The Bertz CT molecular complexity index is 931. The van der Waals surface area contributed by atoms with Crippen LogP contribution in [0.1, 0.15) is 21.7 Å². The first-order chi connectivity index (χ1) is 12.0. The second kappa shape index (κ2) is 7.13. The molecule has 0 radical (unpaired) electrons. The van der Waals surface area contributed by atoms with Crippen LogP contribution in [0.5, 0.6) is 0 Å². The van der Waals surface area contributed by atoms with Gasteiger partial charge in [-0.1, -0.05) is 54.6 Å². The second-order valence-corrected chi connectivity index (χ2v) is 5.94. The molecule has 0 bridgehead atoms. The van der Waals surface area contributed by atoms with Gasteiger partial charge in [-0.3, -0.25) is 9.59 Å². The van der Waals surface area contributed by atoms with Crippen molar-refractivity contribution in [1.29, 1.82) is 0 Å². The Morgan fingerprint density at radius 2 is 1.68 bits per heavy atom. The van der Waals surface area contributed by atoms with Crippen molar-refractivity contribution < 1.29 is 4.79 Å². The van der Waals surface area contributed by atoms with Gasteiger partial charge in [0.15, 0.2) is 0 Å². The van der Waals surface area contributed by atoms with Gasteiger partial charge in [-0.05, 0) is 23.6 Å². The molecular formula is C20H19N3O2. The topological polar surface area (TPSA) is 66.1 Å². The molecule has 0 saturated heterocycles. The Hall–Kier alpha value is -3.21. The van der Waals surface area contributed by atoms with Crippen LogP contribution < -0.4 is 5.56 Å². The summed E-state index contributed by atoms with van der Waals surface area (Å²) in [5.41, 5.74) is 2.90. The second-order valence-electron chi connectivity index (χ2n) is 5.94. The van der Waals surface area contributed by atoms with Crippen LogP contribution in [0.15, 0.2) is 65.6 Å². The first-order valence-corrected chi connectivity index (χ1v) is 8.00. The lowest BCUT2D eigenvalue weighted by molar-refractivity contribution is 0.0783. The monoisotopic (exact) mass is 333 g/mol. The highest BCUT2D eigenvalue weighted by molar-refractivity contribution is 5.93. The third-order valence-corrected chi connectivity index (χ3v) is 3.98. The zero-order chi connectivity index (χ0) is 17.8. The van der Waals surface area contributed by atoms with Crippen LogP contribution in [0.25, 0.3) is 11.1 Å². The molecule has 126 valence electrons. The highest BCUT2D eigenvalue weighted by atomic mass is 16.2. The summed E-state index contributed by atoms with van der Waals surface area (Å²) in [6.45, 7) is 2.09. The average molecular weight is 333 g/mol. The molecule has 3 rings (SSSR count). The van der Waals surface area contributed by atoms with Gasteiger partial charge in [-0.25, -0.2) is 4.98 Å². The van der Waals surface area contributed by atoms with E-state index in [2.05, 4.69) is 22.1 Å². The third kappa shape index (κ3) is 3.83. The first-order valence-electron chi connectivity index (χ1n) is 8.00. The quantitative estimate of drug-likeness (QED) is 0.798. The maximum Gasteiger partial charge on any atom is 0.263 e. The van der Waals surface area contributed by atoms with Crippen molar-refractivity contribution in [2.75, 3.05) is 7.05 Å². The molecule has 0 aliphatic carbocycles. The van der Waals surface area contributed by atoms with Crippen LogP contribution in [0, 0.1) is 6.92 Å². The molecular weight excluding hydrogens is 314 g/mol. The van der Waals surface area contributed by atoms with E-state index in [9.17, 15) is 9.59 Å². The maximum atomic E-state index is 12.4. The summed E-state index contributed by atoms with van der Waals surface area (Å²) >= 11 is 0. The van der Waals surface area contributed by atoms with Crippen LogP contribution in [0.3, 0.4) is 0 Å². The minimum Gasteiger partial charge on any atom is -0.337 e. The first kappa shape index (κ1) is 16.6. The Kier molecular flexibility index (Phi) is 4.75. The summed E-state index contributed by atoms with van der Waals surface area (Å²) in [6.07, 6.45) is 1.32. The van der Waals surface area contributed by atoms with Crippen molar-refractivity contribution in [3.63, 3.8) is 0 Å². The Labute approximate surface area is 146 Å². The summed E-state index contributed by atoms with van der Waals surface area (Å²) in [6, 6.07) is 18.1. The number of amides is 1. The number of carbonyl (C=O) groups is 1. The smallest absolute Gasteiger partial charge is 0.263 e. The van der Waals surface area contributed by atoms with Gasteiger partial charge in [0.25, 0.3) is 11.5 Å². The fourth-order valence-electron chi connectivity index (χ4n) is 2.62. The molecule has 0 fully saturated rings. The molecule has 3 aromatic rings. The van der Waals surface area contributed by atoms with Gasteiger partial charge in [0.2, 0.25) is 0 Å². The number of nitrogens with zero attached hydrogens (tertiary/aromatic N) is 2. The van der Waals surface area contributed by atoms with Crippen molar-refractivity contribution in [2.45, 2.75) is 13.5 Å².